The van der Waals surface area contributed by atoms with Crippen molar-refractivity contribution in [1.29, 1.82) is 0 Å². The lowest BCUT2D eigenvalue weighted by Gasteiger charge is -2.17. The quantitative estimate of drug-likeness (QED) is 0.774. The maximum Gasteiger partial charge on any atom is 0.310 e. The molecule has 1 fully saturated rings. The molecule has 0 saturated heterocycles. The van der Waals surface area contributed by atoms with Crippen LogP contribution in [0.3, 0.4) is 0 Å². The van der Waals surface area contributed by atoms with Crippen LogP contribution in [-0.2, 0) is 9.59 Å². The highest BCUT2D eigenvalue weighted by atomic mass is 16.4. The maximum absolute atomic E-state index is 12.4. The predicted octanol–water partition coefficient (Wildman–Crippen LogP) is 2.04. The van der Waals surface area contributed by atoms with Gasteiger partial charge in [-0.25, -0.2) is 0 Å². The SMILES string of the molecule is CNC(=O)c1cc(C)ccc1NC(=O)C1CC1(C(=O)O)C(C)C. The lowest BCUT2D eigenvalue weighted by molar-refractivity contribution is -0.147. The molecule has 0 radical (unpaired) electrons. The van der Waals surface area contributed by atoms with Crippen LogP contribution in [0.5, 0.6) is 0 Å². The Labute approximate surface area is 135 Å². The van der Waals surface area contributed by atoms with Gasteiger partial charge in [0.15, 0.2) is 0 Å². The number of rotatable bonds is 5. The molecule has 0 aliphatic heterocycles. The molecule has 6 nitrogen and oxygen atoms in total. The maximum atomic E-state index is 12.4. The van der Waals surface area contributed by atoms with E-state index in [-0.39, 0.29) is 17.7 Å². The number of amides is 2. The van der Waals surface area contributed by atoms with Crippen LogP contribution in [0, 0.1) is 24.2 Å². The molecule has 23 heavy (non-hydrogen) atoms. The van der Waals surface area contributed by atoms with Crippen molar-refractivity contribution in [3.8, 4) is 0 Å². The second-order valence-corrected chi connectivity index (χ2v) is 6.37. The van der Waals surface area contributed by atoms with E-state index in [0.29, 0.717) is 17.7 Å². The molecule has 0 heterocycles. The third-order valence-electron chi connectivity index (χ3n) is 4.65. The minimum absolute atomic E-state index is 0.132. The standard InChI is InChI=1S/C17H22N2O4/c1-9(2)17(16(22)23)8-12(17)15(21)19-13-6-5-10(3)7-11(13)14(20)18-4/h5-7,9,12H,8H2,1-4H3,(H,18,20)(H,19,21)(H,22,23). The van der Waals surface area contributed by atoms with Gasteiger partial charge in [0, 0.05) is 7.05 Å². The molecule has 3 N–H and O–H groups in total. The number of carboxylic acid groups (broad SMARTS) is 1. The van der Waals surface area contributed by atoms with Crippen molar-refractivity contribution < 1.29 is 19.5 Å². The van der Waals surface area contributed by atoms with Crippen LogP contribution in [-0.4, -0.2) is 29.9 Å². The Bertz CT molecular complexity index is 669. The number of carboxylic acids is 1. The lowest BCUT2D eigenvalue weighted by atomic mass is 9.89. The van der Waals surface area contributed by atoms with Crippen LogP contribution in [0.15, 0.2) is 18.2 Å². The second-order valence-electron chi connectivity index (χ2n) is 6.37. The normalized spacial score (nSPS) is 22.6. The summed E-state index contributed by atoms with van der Waals surface area (Å²) >= 11 is 0. The van der Waals surface area contributed by atoms with E-state index < -0.39 is 17.3 Å². The van der Waals surface area contributed by atoms with Crippen LogP contribution in [0.1, 0.15) is 36.2 Å². The number of aliphatic carboxylic acids is 1. The number of hydrogen-bond acceptors (Lipinski definition) is 3. The summed E-state index contributed by atoms with van der Waals surface area (Å²) < 4.78 is 0. The Morgan fingerprint density at radius 3 is 2.43 bits per heavy atom. The monoisotopic (exact) mass is 318 g/mol. The molecule has 1 aromatic carbocycles. The molecule has 1 saturated carbocycles. The molecule has 2 rings (SSSR count). The number of anilines is 1. The fourth-order valence-electron chi connectivity index (χ4n) is 3.04. The van der Waals surface area contributed by atoms with Crippen molar-refractivity contribution in [3.63, 3.8) is 0 Å². The van der Waals surface area contributed by atoms with Crippen LogP contribution >= 0.6 is 0 Å². The molecule has 0 bridgehead atoms. The van der Waals surface area contributed by atoms with Crippen LogP contribution in [0.2, 0.25) is 0 Å². The number of benzene rings is 1. The van der Waals surface area contributed by atoms with Crippen molar-refractivity contribution >= 4 is 23.5 Å². The van der Waals surface area contributed by atoms with Gasteiger partial charge in [0.25, 0.3) is 5.91 Å². The summed E-state index contributed by atoms with van der Waals surface area (Å²) in [5.41, 5.74) is 0.666. The fraction of sp³-hybridized carbons (Fsp3) is 0.471. The van der Waals surface area contributed by atoms with Crippen LogP contribution in [0.25, 0.3) is 0 Å². The third kappa shape index (κ3) is 2.93. The number of carbonyl (C=O) groups excluding carboxylic acids is 2. The molecule has 2 atom stereocenters. The summed E-state index contributed by atoms with van der Waals surface area (Å²) in [6.07, 6.45) is 0.326. The van der Waals surface area contributed by atoms with E-state index in [0.717, 1.165) is 5.56 Å². The molecule has 1 aliphatic carbocycles. The van der Waals surface area contributed by atoms with Gasteiger partial charge in [-0.1, -0.05) is 25.5 Å². The Kier molecular flexibility index (Phi) is 4.45. The molecule has 2 amide bonds. The van der Waals surface area contributed by atoms with Crippen molar-refractivity contribution in [2.75, 3.05) is 12.4 Å². The molecule has 1 aliphatic rings. The number of hydrogen-bond donors (Lipinski definition) is 3. The van der Waals surface area contributed by atoms with E-state index in [9.17, 15) is 19.5 Å². The summed E-state index contributed by atoms with van der Waals surface area (Å²) in [5.74, 6) is -2.29. The van der Waals surface area contributed by atoms with E-state index in [2.05, 4.69) is 10.6 Å². The molecule has 6 heteroatoms. The average Bonchev–Trinajstić information content (AvgIpc) is 3.25. The first-order chi connectivity index (χ1) is 10.7. The van der Waals surface area contributed by atoms with Gasteiger partial charge in [0.1, 0.15) is 0 Å². The molecule has 124 valence electrons. The molecular weight excluding hydrogens is 296 g/mol. The zero-order valence-electron chi connectivity index (χ0n) is 13.8. The average molecular weight is 318 g/mol. The van der Waals surface area contributed by atoms with Crippen LogP contribution < -0.4 is 10.6 Å². The smallest absolute Gasteiger partial charge is 0.310 e. The van der Waals surface area contributed by atoms with Gasteiger partial charge < -0.3 is 15.7 Å². The van der Waals surface area contributed by atoms with Crippen molar-refractivity contribution in [2.45, 2.75) is 27.2 Å². The van der Waals surface area contributed by atoms with E-state index in [1.807, 2.05) is 20.8 Å². The Balaban J connectivity index is 2.23. The number of nitrogens with one attached hydrogen (secondary N) is 2. The minimum atomic E-state index is -0.998. The van der Waals surface area contributed by atoms with Gasteiger partial charge in [0.2, 0.25) is 5.91 Å². The zero-order chi connectivity index (χ0) is 17.4. The van der Waals surface area contributed by atoms with Gasteiger partial charge in [-0.05, 0) is 31.4 Å². The largest absolute Gasteiger partial charge is 0.481 e. The topological polar surface area (TPSA) is 95.5 Å². The fourth-order valence-corrected chi connectivity index (χ4v) is 3.04. The molecular formula is C17H22N2O4. The molecule has 0 aromatic heterocycles. The van der Waals surface area contributed by atoms with E-state index in [1.54, 1.807) is 18.2 Å². The summed E-state index contributed by atoms with van der Waals surface area (Å²) in [6, 6.07) is 5.15. The van der Waals surface area contributed by atoms with E-state index >= 15 is 0 Å². The first-order valence-electron chi connectivity index (χ1n) is 7.61. The highest BCUT2D eigenvalue weighted by Crippen LogP contribution is 2.58. The predicted molar refractivity (Wildman–Crippen MR) is 86.2 cm³/mol. The first-order valence-corrected chi connectivity index (χ1v) is 7.61. The summed E-state index contributed by atoms with van der Waals surface area (Å²) in [6.45, 7) is 5.47. The Morgan fingerprint density at radius 1 is 1.30 bits per heavy atom. The van der Waals surface area contributed by atoms with E-state index in [1.165, 1.54) is 7.05 Å². The Morgan fingerprint density at radius 2 is 1.96 bits per heavy atom. The minimum Gasteiger partial charge on any atom is -0.481 e. The summed E-state index contributed by atoms with van der Waals surface area (Å²) in [5, 5.41) is 14.7. The number of carbonyl (C=O) groups is 3. The van der Waals surface area contributed by atoms with Gasteiger partial charge in [-0.3, -0.25) is 14.4 Å². The second kappa shape index (κ2) is 6.02. The third-order valence-corrected chi connectivity index (χ3v) is 4.65. The van der Waals surface area contributed by atoms with Crippen molar-refractivity contribution in [1.82, 2.24) is 5.32 Å². The van der Waals surface area contributed by atoms with Gasteiger partial charge in [-0.2, -0.15) is 0 Å². The van der Waals surface area contributed by atoms with Crippen LogP contribution in [0.4, 0.5) is 5.69 Å². The van der Waals surface area contributed by atoms with Crippen molar-refractivity contribution in [3.05, 3.63) is 29.3 Å². The highest BCUT2D eigenvalue weighted by molar-refractivity contribution is 6.06. The summed E-state index contributed by atoms with van der Waals surface area (Å²) in [4.78, 5) is 35.9. The zero-order valence-corrected chi connectivity index (χ0v) is 13.8. The Hall–Kier alpha value is -2.37. The van der Waals surface area contributed by atoms with Gasteiger partial charge in [-0.15, -0.1) is 0 Å². The van der Waals surface area contributed by atoms with Crippen molar-refractivity contribution in [2.24, 2.45) is 17.3 Å². The highest BCUT2D eigenvalue weighted by Gasteiger charge is 2.65. The number of aryl methyl sites for hydroxylation is 1. The van der Waals surface area contributed by atoms with E-state index in [4.69, 9.17) is 0 Å². The molecule has 1 aromatic rings. The first kappa shape index (κ1) is 17.0. The van der Waals surface area contributed by atoms with Gasteiger partial charge >= 0.3 is 5.97 Å². The lowest BCUT2D eigenvalue weighted by Crippen LogP contribution is -2.29. The summed E-state index contributed by atoms with van der Waals surface area (Å²) in [7, 11) is 1.52. The molecule has 0 spiro atoms. The van der Waals surface area contributed by atoms with Gasteiger partial charge in [0.05, 0.1) is 22.6 Å². The molecule has 2 unspecified atom stereocenters.